The van der Waals surface area contributed by atoms with Gasteiger partial charge in [-0.2, -0.15) is 5.10 Å². The van der Waals surface area contributed by atoms with E-state index in [-0.39, 0.29) is 0 Å². The van der Waals surface area contributed by atoms with Gasteiger partial charge in [0.15, 0.2) is 5.65 Å². The van der Waals surface area contributed by atoms with Gasteiger partial charge in [0, 0.05) is 42.0 Å². The molecule has 5 nitrogen and oxygen atoms in total. The van der Waals surface area contributed by atoms with Gasteiger partial charge in [0.25, 0.3) is 0 Å². The van der Waals surface area contributed by atoms with Crippen molar-refractivity contribution in [2.24, 2.45) is 0 Å². The summed E-state index contributed by atoms with van der Waals surface area (Å²) in [5.74, 6) is -0.392. The highest BCUT2D eigenvalue weighted by Gasteiger charge is 2.16. The van der Waals surface area contributed by atoms with Gasteiger partial charge in [0.1, 0.15) is 18.2 Å². The highest BCUT2D eigenvalue weighted by atomic mass is 79.9. The highest BCUT2D eigenvalue weighted by Crippen LogP contribution is 2.30. The Balaban J connectivity index is 1.95. The Labute approximate surface area is 161 Å². The number of hydrogen-bond acceptors (Lipinski definition) is 4. The number of anilines is 1. The number of aromatic nitrogens is 3. The number of nitrogens with zero attached hydrogens (tertiary/aromatic N) is 3. The van der Waals surface area contributed by atoms with Crippen LogP contribution < -0.4 is 5.73 Å². The molecule has 0 unspecified atom stereocenters. The van der Waals surface area contributed by atoms with Gasteiger partial charge in [0.2, 0.25) is 0 Å². The lowest BCUT2D eigenvalue weighted by Crippen LogP contribution is -2.22. The van der Waals surface area contributed by atoms with Crippen molar-refractivity contribution < 1.29 is 9.13 Å². The molecule has 2 N–H and O–H groups in total. The maximum Gasteiger partial charge on any atom is 0.160 e. The van der Waals surface area contributed by atoms with E-state index in [1.807, 2.05) is 6.07 Å². The van der Waals surface area contributed by atoms with Gasteiger partial charge in [-0.15, -0.1) is 0 Å². The van der Waals surface area contributed by atoms with Crippen LogP contribution >= 0.6 is 15.9 Å². The van der Waals surface area contributed by atoms with Gasteiger partial charge in [-0.25, -0.2) is 14.1 Å². The zero-order valence-electron chi connectivity index (χ0n) is 15.1. The molecule has 0 amide bonds. The number of nitrogens with two attached hydrogens (primary N) is 1. The summed E-state index contributed by atoms with van der Waals surface area (Å²) in [5.41, 5.74) is 8.10. The third-order valence-electron chi connectivity index (χ3n) is 3.96. The summed E-state index contributed by atoms with van der Waals surface area (Å²) < 4.78 is 22.2. The van der Waals surface area contributed by atoms with Crippen LogP contribution in [0.3, 0.4) is 0 Å². The fraction of sp³-hybridized carbons (Fsp3) is 0.333. The molecule has 138 valence electrons. The third-order valence-corrected chi connectivity index (χ3v) is 6.09. The van der Waals surface area contributed by atoms with Gasteiger partial charge in [-0.05, 0) is 46.2 Å². The lowest BCUT2D eigenvalue weighted by molar-refractivity contribution is 0.0814. The fourth-order valence-electron chi connectivity index (χ4n) is 2.62. The Kier molecular flexibility index (Phi) is 5.45. The zero-order valence-corrected chi connectivity index (χ0v) is 17.7. The number of hydrogen-bond donors (Lipinski definition) is 1. The van der Waals surface area contributed by atoms with Crippen LogP contribution in [0.25, 0.3) is 22.3 Å². The summed E-state index contributed by atoms with van der Waals surface area (Å²) in [6.45, 7) is 7.93. The number of pyridine rings is 1. The van der Waals surface area contributed by atoms with Crippen LogP contribution in [0.5, 0.6) is 0 Å². The van der Waals surface area contributed by atoms with Crippen molar-refractivity contribution in [3.63, 3.8) is 0 Å². The molecule has 26 heavy (non-hydrogen) atoms. The van der Waals surface area contributed by atoms with Crippen molar-refractivity contribution in [1.82, 2.24) is 14.8 Å². The highest BCUT2D eigenvalue weighted by molar-refractivity contribution is 9.10. The van der Waals surface area contributed by atoms with Crippen LogP contribution in [0.4, 0.5) is 10.1 Å². The number of ether oxygens (including phenoxy) is 1. The van der Waals surface area contributed by atoms with Crippen LogP contribution in [-0.4, -0.2) is 29.4 Å². The average Bonchev–Trinajstić information content (AvgIpc) is 2.87. The van der Waals surface area contributed by atoms with E-state index in [0.717, 1.165) is 15.9 Å². The lowest BCUT2D eigenvalue weighted by Gasteiger charge is -2.15. The van der Waals surface area contributed by atoms with E-state index in [4.69, 9.17) is 10.5 Å². The van der Waals surface area contributed by atoms with Gasteiger partial charge in [-0.3, -0.25) is 0 Å². The second-order valence-electron chi connectivity index (χ2n) is 7.49. The van der Waals surface area contributed by atoms with Crippen molar-refractivity contribution in [2.45, 2.75) is 32.4 Å². The first-order valence-corrected chi connectivity index (χ1v) is 12.9. The van der Waals surface area contributed by atoms with Crippen LogP contribution in [0.2, 0.25) is 25.7 Å². The predicted octanol–water partition coefficient (Wildman–Crippen LogP) is 4.89. The maximum absolute atomic E-state index is 13.8. The molecular weight excluding hydrogens is 415 g/mol. The minimum Gasteiger partial charge on any atom is -0.399 e. The quantitative estimate of drug-likeness (QED) is 0.339. The molecule has 0 spiro atoms. The summed E-state index contributed by atoms with van der Waals surface area (Å²) in [4.78, 5) is 4.46. The number of benzene rings is 1. The smallest absolute Gasteiger partial charge is 0.160 e. The Morgan fingerprint density at radius 2 is 2.00 bits per heavy atom. The normalized spacial score (nSPS) is 12.0. The standard InChI is InChI=1S/C18H22BrFN4OSi/c1-26(2,3)5-4-25-11-24-18-16(8-13(19)10-22-18)17(23-24)12-6-14(20)9-15(21)7-12/h6-10H,4-5,11,21H2,1-3H3. The summed E-state index contributed by atoms with van der Waals surface area (Å²) in [6, 6.07) is 7.43. The number of fused-ring (bicyclic) bond motifs is 1. The molecule has 0 atom stereocenters. The van der Waals surface area contributed by atoms with Crippen LogP contribution in [0.1, 0.15) is 0 Å². The van der Waals surface area contributed by atoms with Crippen molar-refractivity contribution in [3.8, 4) is 11.3 Å². The van der Waals surface area contributed by atoms with Crippen molar-refractivity contribution in [1.29, 1.82) is 0 Å². The molecule has 2 aromatic heterocycles. The summed E-state index contributed by atoms with van der Waals surface area (Å²) in [6.07, 6.45) is 1.71. The van der Waals surface area contributed by atoms with E-state index < -0.39 is 13.9 Å². The Morgan fingerprint density at radius 3 is 2.69 bits per heavy atom. The van der Waals surface area contributed by atoms with E-state index >= 15 is 0 Å². The fourth-order valence-corrected chi connectivity index (χ4v) is 3.70. The largest absolute Gasteiger partial charge is 0.399 e. The second-order valence-corrected chi connectivity index (χ2v) is 14.0. The van der Waals surface area contributed by atoms with E-state index in [0.29, 0.717) is 35.9 Å². The molecule has 3 aromatic rings. The van der Waals surface area contributed by atoms with E-state index in [2.05, 4.69) is 45.7 Å². The van der Waals surface area contributed by atoms with Crippen LogP contribution in [0, 0.1) is 5.82 Å². The molecule has 0 aliphatic rings. The van der Waals surface area contributed by atoms with Crippen LogP contribution in [0.15, 0.2) is 34.9 Å². The van der Waals surface area contributed by atoms with Gasteiger partial charge in [0.05, 0.1) is 0 Å². The molecule has 0 bridgehead atoms. The van der Waals surface area contributed by atoms with Crippen molar-refractivity contribution >= 4 is 40.7 Å². The lowest BCUT2D eigenvalue weighted by atomic mass is 10.1. The minimum atomic E-state index is -1.15. The first-order chi connectivity index (χ1) is 12.2. The monoisotopic (exact) mass is 436 g/mol. The molecule has 0 aliphatic heterocycles. The van der Waals surface area contributed by atoms with E-state index in [1.165, 1.54) is 12.1 Å². The first kappa shape index (κ1) is 19.0. The Morgan fingerprint density at radius 1 is 1.23 bits per heavy atom. The zero-order chi connectivity index (χ0) is 18.9. The molecule has 3 rings (SSSR count). The number of nitrogen functional groups attached to an aromatic ring is 1. The van der Waals surface area contributed by atoms with E-state index in [9.17, 15) is 4.39 Å². The van der Waals surface area contributed by atoms with Crippen molar-refractivity contribution in [3.05, 3.63) is 40.8 Å². The summed E-state index contributed by atoms with van der Waals surface area (Å²) in [5, 5.41) is 5.43. The maximum atomic E-state index is 13.8. The van der Waals surface area contributed by atoms with Gasteiger partial charge < -0.3 is 10.5 Å². The predicted molar refractivity (Wildman–Crippen MR) is 109 cm³/mol. The molecule has 8 heteroatoms. The summed E-state index contributed by atoms with van der Waals surface area (Å²) in [7, 11) is -1.15. The molecule has 0 radical (unpaired) electrons. The minimum absolute atomic E-state index is 0.306. The van der Waals surface area contributed by atoms with E-state index in [1.54, 1.807) is 16.9 Å². The SMILES string of the molecule is C[Si](C)(C)CCOCn1nc(-c2cc(N)cc(F)c2)c2cc(Br)cnc21. The Hall–Kier alpha value is -1.77. The third kappa shape index (κ3) is 4.49. The number of rotatable bonds is 6. The number of halogens is 2. The topological polar surface area (TPSA) is 66.0 Å². The van der Waals surface area contributed by atoms with Crippen LogP contribution in [-0.2, 0) is 11.5 Å². The second kappa shape index (κ2) is 7.46. The van der Waals surface area contributed by atoms with Gasteiger partial charge >= 0.3 is 0 Å². The molecule has 0 fully saturated rings. The molecule has 2 heterocycles. The molecular formula is C18H22BrFN4OSi. The van der Waals surface area contributed by atoms with Crippen molar-refractivity contribution in [2.75, 3.05) is 12.3 Å². The molecule has 0 aliphatic carbocycles. The average molecular weight is 437 g/mol. The first-order valence-electron chi connectivity index (χ1n) is 8.39. The van der Waals surface area contributed by atoms with Gasteiger partial charge in [-0.1, -0.05) is 19.6 Å². The molecule has 0 saturated carbocycles. The Bertz CT molecular complexity index is 919. The molecule has 1 aromatic carbocycles. The summed E-state index contributed by atoms with van der Waals surface area (Å²) >= 11 is 3.44. The molecule has 0 saturated heterocycles.